The summed E-state index contributed by atoms with van der Waals surface area (Å²) in [6, 6.07) is 2.91. The summed E-state index contributed by atoms with van der Waals surface area (Å²) in [6.45, 7) is 10.4. The Morgan fingerprint density at radius 1 is 1.33 bits per heavy atom. The maximum Gasteiger partial charge on any atom is 0.0472 e. The van der Waals surface area contributed by atoms with E-state index in [0.29, 0.717) is 11.5 Å². The molecule has 18 heavy (non-hydrogen) atoms. The normalized spacial score (nSPS) is 20.2. The van der Waals surface area contributed by atoms with Crippen molar-refractivity contribution in [2.75, 3.05) is 6.54 Å². The van der Waals surface area contributed by atoms with Crippen LogP contribution in [0, 0.1) is 19.3 Å². The van der Waals surface area contributed by atoms with Gasteiger partial charge in [-0.3, -0.25) is 0 Å². The molecule has 0 spiro atoms. The van der Waals surface area contributed by atoms with Crippen molar-refractivity contribution in [2.24, 2.45) is 5.41 Å². The van der Waals surface area contributed by atoms with Gasteiger partial charge in [-0.25, -0.2) is 0 Å². The molecule has 1 nitrogen and oxygen atoms in total. The summed E-state index contributed by atoms with van der Waals surface area (Å²) >= 11 is 2.00. The zero-order valence-electron chi connectivity index (χ0n) is 12.3. The lowest BCUT2D eigenvalue weighted by Gasteiger charge is -2.35. The van der Waals surface area contributed by atoms with E-state index < -0.39 is 0 Å². The molecule has 2 rings (SSSR count). The van der Waals surface area contributed by atoms with E-state index in [-0.39, 0.29) is 0 Å². The topological polar surface area (TPSA) is 12.0 Å². The van der Waals surface area contributed by atoms with Gasteiger partial charge in [0.25, 0.3) is 0 Å². The van der Waals surface area contributed by atoms with Crippen molar-refractivity contribution in [3.8, 4) is 0 Å². The van der Waals surface area contributed by atoms with Gasteiger partial charge in [-0.1, -0.05) is 26.7 Å². The highest BCUT2D eigenvalue weighted by atomic mass is 32.1. The van der Waals surface area contributed by atoms with Gasteiger partial charge in [0.05, 0.1) is 0 Å². The second-order valence-electron chi connectivity index (χ2n) is 6.15. The van der Waals surface area contributed by atoms with Gasteiger partial charge in [-0.05, 0) is 56.7 Å². The predicted molar refractivity (Wildman–Crippen MR) is 81.4 cm³/mol. The summed E-state index contributed by atoms with van der Waals surface area (Å²) in [5.41, 5.74) is 1.95. The second-order valence-corrected chi connectivity index (χ2v) is 7.44. The van der Waals surface area contributed by atoms with Crippen molar-refractivity contribution < 1.29 is 0 Å². The monoisotopic (exact) mass is 265 g/mol. The average Bonchev–Trinajstić information content (AvgIpc) is 2.87. The molecule has 1 aromatic heterocycles. The standard InChI is InChI=1S/C16H27NS/c1-5-10-17-15(16(4)8-6-7-9-16)14-12(2)11-13(3)18-14/h11,15,17H,5-10H2,1-4H3. The zero-order chi connectivity index (χ0) is 13.2. The van der Waals surface area contributed by atoms with Crippen LogP contribution in [-0.2, 0) is 0 Å². The van der Waals surface area contributed by atoms with Crippen molar-refractivity contribution in [1.29, 1.82) is 0 Å². The van der Waals surface area contributed by atoms with Crippen LogP contribution < -0.4 is 5.32 Å². The summed E-state index contributed by atoms with van der Waals surface area (Å²) < 4.78 is 0. The number of thiophene rings is 1. The van der Waals surface area contributed by atoms with Crippen LogP contribution in [0.4, 0.5) is 0 Å². The molecule has 0 aliphatic heterocycles. The van der Waals surface area contributed by atoms with Gasteiger partial charge < -0.3 is 5.32 Å². The van der Waals surface area contributed by atoms with Crippen LogP contribution in [0.5, 0.6) is 0 Å². The summed E-state index contributed by atoms with van der Waals surface area (Å²) in [5, 5.41) is 3.83. The fourth-order valence-electron chi connectivity index (χ4n) is 3.36. The molecule has 0 bridgehead atoms. The molecule has 1 unspecified atom stereocenters. The van der Waals surface area contributed by atoms with Gasteiger partial charge in [-0.15, -0.1) is 11.3 Å². The highest BCUT2D eigenvalue weighted by Gasteiger charge is 2.38. The number of nitrogens with one attached hydrogen (secondary N) is 1. The molecule has 1 N–H and O–H groups in total. The lowest BCUT2D eigenvalue weighted by Crippen LogP contribution is -2.34. The van der Waals surface area contributed by atoms with Crippen molar-refractivity contribution in [3.63, 3.8) is 0 Å². The van der Waals surface area contributed by atoms with Crippen LogP contribution in [0.3, 0.4) is 0 Å². The van der Waals surface area contributed by atoms with E-state index in [1.807, 2.05) is 11.3 Å². The number of rotatable bonds is 5. The first-order chi connectivity index (χ1) is 8.57. The van der Waals surface area contributed by atoms with E-state index in [0.717, 1.165) is 6.54 Å². The smallest absolute Gasteiger partial charge is 0.0472 e. The van der Waals surface area contributed by atoms with Gasteiger partial charge >= 0.3 is 0 Å². The molecule has 2 heteroatoms. The minimum atomic E-state index is 0.469. The Morgan fingerprint density at radius 3 is 2.50 bits per heavy atom. The first-order valence-electron chi connectivity index (χ1n) is 7.37. The Balaban J connectivity index is 2.27. The van der Waals surface area contributed by atoms with Crippen LogP contribution >= 0.6 is 11.3 Å². The third-order valence-corrected chi connectivity index (χ3v) is 5.60. The Kier molecular flexibility index (Phi) is 4.50. The van der Waals surface area contributed by atoms with E-state index in [1.165, 1.54) is 42.5 Å². The van der Waals surface area contributed by atoms with E-state index in [9.17, 15) is 0 Å². The molecule has 1 heterocycles. The minimum absolute atomic E-state index is 0.469. The van der Waals surface area contributed by atoms with Crippen LogP contribution in [-0.4, -0.2) is 6.54 Å². The van der Waals surface area contributed by atoms with Gasteiger partial charge in [0.2, 0.25) is 0 Å². The number of hydrogen-bond donors (Lipinski definition) is 1. The Hall–Kier alpha value is -0.340. The van der Waals surface area contributed by atoms with E-state index in [1.54, 1.807) is 4.88 Å². The van der Waals surface area contributed by atoms with Gasteiger partial charge in [0.15, 0.2) is 0 Å². The highest BCUT2D eigenvalue weighted by molar-refractivity contribution is 7.12. The Morgan fingerprint density at radius 2 is 2.00 bits per heavy atom. The van der Waals surface area contributed by atoms with Crippen LogP contribution in [0.2, 0.25) is 0 Å². The SMILES string of the molecule is CCCNC(c1sc(C)cc1C)C1(C)CCCC1. The molecule has 0 aromatic carbocycles. The first kappa shape index (κ1) is 14.1. The number of hydrogen-bond acceptors (Lipinski definition) is 2. The lowest BCUT2D eigenvalue weighted by molar-refractivity contribution is 0.226. The molecule has 0 amide bonds. The van der Waals surface area contributed by atoms with Crippen molar-refractivity contribution in [3.05, 3.63) is 21.4 Å². The largest absolute Gasteiger partial charge is 0.309 e. The molecule has 1 saturated carbocycles. The molecule has 1 aliphatic rings. The molecule has 0 radical (unpaired) electrons. The minimum Gasteiger partial charge on any atom is -0.309 e. The van der Waals surface area contributed by atoms with E-state index >= 15 is 0 Å². The van der Waals surface area contributed by atoms with Crippen LogP contribution in [0.25, 0.3) is 0 Å². The predicted octanol–water partition coefficient (Wildman–Crippen LogP) is 4.99. The highest BCUT2D eigenvalue weighted by Crippen LogP contribution is 2.49. The van der Waals surface area contributed by atoms with Crippen molar-refractivity contribution in [2.45, 2.75) is 65.8 Å². The maximum absolute atomic E-state index is 3.83. The van der Waals surface area contributed by atoms with Crippen LogP contribution in [0.15, 0.2) is 6.07 Å². The third-order valence-electron chi connectivity index (χ3n) is 4.38. The summed E-state index contributed by atoms with van der Waals surface area (Å²) in [7, 11) is 0. The maximum atomic E-state index is 3.83. The average molecular weight is 265 g/mol. The van der Waals surface area contributed by atoms with E-state index in [4.69, 9.17) is 0 Å². The summed E-state index contributed by atoms with van der Waals surface area (Å²) in [4.78, 5) is 3.04. The van der Waals surface area contributed by atoms with Crippen molar-refractivity contribution in [1.82, 2.24) is 5.32 Å². The molecular weight excluding hydrogens is 238 g/mol. The second kappa shape index (κ2) is 5.75. The third kappa shape index (κ3) is 2.80. The van der Waals surface area contributed by atoms with Crippen LogP contribution in [0.1, 0.15) is 67.3 Å². The summed E-state index contributed by atoms with van der Waals surface area (Å²) in [6.07, 6.45) is 6.79. The Bertz CT molecular complexity index is 388. The van der Waals surface area contributed by atoms with Crippen molar-refractivity contribution >= 4 is 11.3 Å². The van der Waals surface area contributed by atoms with Gasteiger partial charge in [0.1, 0.15) is 0 Å². The molecule has 1 aromatic rings. The Labute approximate surface area is 116 Å². The zero-order valence-corrected chi connectivity index (χ0v) is 13.1. The molecule has 1 atom stereocenters. The van der Waals surface area contributed by atoms with Gasteiger partial charge in [0, 0.05) is 15.8 Å². The molecule has 1 fully saturated rings. The lowest BCUT2D eigenvalue weighted by atomic mass is 9.79. The summed E-state index contributed by atoms with van der Waals surface area (Å²) in [5.74, 6) is 0. The fourth-order valence-corrected chi connectivity index (χ4v) is 4.65. The molecule has 0 saturated heterocycles. The van der Waals surface area contributed by atoms with Gasteiger partial charge in [-0.2, -0.15) is 0 Å². The first-order valence-corrected chi connectivity index (χ1v) is 8.19. The fraction of sp³-hybridized carbons (Fsp3) is 0.750. The number of aryl methyl sites for hydroxylation is 2. The quantitative estimate of drug-likeness (QED) is 0.791. The molecular formula is C16H27NS. The van der Waals surface area contributed by atoms with E-state index in [2.05, 4.69) is 39.1 Å². The molecule has 102 valence electrons. The molecule has 1 aliphatic carbocycles.